The topological polar surface area (TPSA) is 50.4 Å². The molecule has 1 fully saturated rings. The van der Waals surface area contributed by atoms with Crippen molar-refractivity contribution in [2.24, 2.45) is 0 Å². The summed E-state index contributed by atoms with van der Waals surface area (Å²) in [6.07, 6.45) is 3.56. The predicted octanol–water partition coefficient (Wildman–Crippen LogP) is 3.15. The maximum atomic E-state index is 11.6. The van der Waals surface area contributed by atoms with Gasteiger partial charge in [-0.1, -0.05) is 0 Å². The zero-order valence-corrected chi connectivity index (χ0v) is 10.9. The number of hydrogen-bond donors (Lipinski definition) is 2. The Bertz CT molecular complexity index is 397. The molecule has 0 unspecified atom stereocenters. The molecule has 1 saturated carbocycles. The molecule has 0 spiro atoms. The number of rotatable bonds is 4. The van der Waals surface area contributed by atoms with Crippen LogP contribution in [-0.2, 0) is 0 Å². The summed E-state index contributed by atoms with van der Waals surface area (Å²) in [7, 11) is 0. The first-order valence-corrected chi connectivity index (χ1v) is 6.48. The van der Waals surface area contributed by atoms with E-state index in [1.54, 1.807) is 0 Å². The van der Waals surface area contributed by atoms with Gasteiger partial charge in [-0.15, -0.1) is 0 Å². The highest BCUT2D eigenvalue weighted by Gasteiger charge is 2.19. The van der Waals surface area contributed by atoms with Crippen molar-refractivity contribution < 1.29 is 9.53 Å². The largest absolute Gasteiger partial charge is 0.491 e. The molecule has 0 aromatic heterocycles. The van der Waals surface area contributed by atoms with Gasteiger partial charge in [-0.25, -0.2) is 4.79 Å². The number of hydrogen-bond acceptors (Lipinski definition) is 2. The van der Waals surface area contributed by atoms with E-state index in [2.05, 4.69) is 10.6 Å². The van der Waals surface area contributed by atoms with E-state index >= 15 is 0 Å². The fraction of sp³-hybridized carbons (Fsp3) is 0.500. The lowest BCUT2D eigenvalue weighted by molar-refractivity contribution is 0.239. The molecule has 2 rings (SSSR count). The number of urea groups is 1. The Balaban J connectivity index is 1.83. The average molecular weight is 248 g/mol. The smallest absolute Gasteiger partial charge is 0.319 e. The normalized spacial score (nSPS) is 15.1. The van der Waals surface area contributed by atoms with Gasteiger partial charge in [-0.3, -0.25) is 0 Å². The molecule has 0 bridgehead atoms. The highest BCUT2D eigenvalue weighted by atomic mass is 16.5. The van der Waals surface area contributed by atoms with E-state index in [-0.39, 0.29) is 12.1 Å². The zero-order chi connectivity index (χ0) is 13.0. The molecule has 1 aromatic rings. The van der Waals surface area contributed by atoms with E-state index < -0.39 is 0 Å². The van der Waals surface area contributed by atoms with Crippen LogP contribution in [0.15, 0.2) is 24.3 Å². The number of amides is 2. The van der Waals surface area contributed by atoms with Crippen LogP contribution in [0.4, 0.5) is 10.5 Å². The Morgan fingerprint density at radius 3 is 2.44 bits per heavy atom. The Labute approximate surface area is 108 Å². The summed E-state index contributed by atoms with van der Waals surface area (Å²) in [4.78, 5) is 11.6. The number of ether oxygens (including phenoxy) is 1. The minimum Gasteiger partial charge on any atom is -0.491 e. The van der Waals surface area contributed by atoms with Crippen LogP contribution < -0.4 is 15.4 Å². The molecule has 0 atom stereocenters. The Morgan fingerprint density at radius 2 is 1.94 bits per heavy atom. The lowest BCUT2D eigenvalue weighted by Gasteiger charge is -2.26. The standard InChI is InChI=1S/C14H20N2O2/c1-10(2)18-13-8-6-12(7-9-13)16-14(17)15-11-4-3-5-11/h6-11H,3-5H2,1-2H3,(H2,15,16,17). The quantitative estimate of drug-likeness (QED) is 0.860. The number of benzene rings is 1. The van der Waals surface area contributed by atoms with Gasteiger partial charge in [0.1, 0.15) is 5.75 Å². The van der Waals surface area contributed by atoms with Crippen molar-refractivity contribution in [3.63, 3.8) is 0 Å². The number of nitrogens with one attached hydrogen (secondary N) is 2. The summed E-state index contributed by atoms with van der Waals surface area (Å²) >= 11 is 0. The molecule has 1 aromatic carbocycles. The van der Waals surface area contributed by atoms with Crippen molar-refractivity contribution in [3.8, 4) is 5.75 Å². The van der Waals surface area contributed by atoms with Crippen LogP contribution in [0.3, 0.4) is 0 Å². The predicted molar refractivity (Wildman–Crippen MR) is 72.0 cm³/mol. The Morgan fingerprint density at radius 1 is 1.28 bits per heavy atom. The molecule has 4 heteroatoms. The fourth-order valence-electron chi connectivity index (χ4n) is 1.79. The monoisotopic (exact) mass is 248 g/mol. The summed E-state index contributed by atoms with van der Waals surface area (Å²) in [5, 5.41) is 5.75. The third-order valence-electron chi connectivity index (χ3n) is 2.92. The van der Waals surface area contributed by atoms with Gasteiger partial charge < -0.3 is 15.4 Å². The van der Waals surface area contributed by atoms with Crippen LogP contribution >= 0.6 is 0 Å². The second-order valence-electron chi connectivity index (χ2n) is 4.92. The lowest BCUT2D eigenvalue weighted by Crippen LogP contribution is -2.41. The van der Waals surface area contributed by atoms with Gasteiger partial charge in [-0.2, -0.15) is 0 Å². The third kappa shape index (κ3) is 3.65. The molecule has 0 saturated heterocycles. The first-order chi connectivity index (χ1) is 8.63. The second kappa shape index (κ2) is 5.76. The van der Waals surface area contributed by atoms with E-state index in [0.29, 0.717) is 6.04 Å². The summed E-state index contributed by atoms with van der Waals surface area (Å²) in [6, 6.07) is 7.64. The van der Waals surface area contributed by atoms with Crippen molar-refractivity contribution in [2.75, 3.05) is 5.32 Å². The molecule has 2 amide bonds. The maximum absolute atomic E-state index is 11.6. The molecule has 0 heterocycles. The molecular weight excluding hydrogens is 228 g/mol. The van der Waals surface area contributed by atoms with Crippen molar-refractivity contribution in [2.45, 2.75) is 45.3 Å². The summed E-state index contributed by atoms with van der Waals surface area (Å²) in [5.41, 5.74) is 0.780. The third-order valence-corrected chi connectivity index (χ3v) is 2.92. The van der Waals surface area contributed by atoms with Crippen LogP contribution in [0.5, 0.6) is 5.75 Å². The molecule has 0 aliphatic heterocycles. The first kappa shape index (κ1) is 12.7. The molecular formula is C14H20N2O2. The van der Waals surface area contributed by atoms with Crippen LogP contribution in [-0.4, -0.2) is 18.2 Å². The van der Waals surface area contributed by atoms with Gasteiger partial charge >= 0.3 is 6.03 Å². The average Bonchev–Trinajstić information content (AvgIpc) is 2.26. The molecule has 18 heavy (non-hydrogen) atoms. The van der Waals surface area contributed by atoms with Gasteiger partial charge in [0.25, 0.3) is 0 Å². The van der Waals surface area contributed by atoms with E-state index in [9.17, 15) is 4.79 Å². The highest BCUT2D eigenvalue weighted by Crippen LogP contribution is 2.19. The minimum atomic E-state index is -0.128. The molecule has 1 aliphatic rings. The summed E-state index contributed by atoms with van der Waals surface area (Å²) < 4.78 is 5.54. The SMILES string of the molecule is CC(C)Oc1ccc(NC(=O)NC2CCC2)cc1. The van der Waals surface area contributed by atoms with Crippen molar-refractivity contribution in [1.82, 2.24) is 5.32 Å². The van der Waals surface area contributed by atoms with Gasteiger partial charge in [0.2, 0.25) is 0 Å². The maximum Gasteiger partial charge on any atom is 0.319 e. The van der Waals surface area contributed by atoms with Gasteiger partial charge in [0, 0.05) is 11.7 Å². The van der Waals surface area contributed by atoms with Crippen LogP contribution in [0.2, 0.25) is 0 Å². The van der Waals surface area contributed by atoms with Crippen molar-refractivity contribution in [1.29, 1.82) is 0 Å². The Kier molecular flexibility index (Phi) is 4.07. The molecule has 1 aliphatic carbocycles. The number of carbonyl (C=O) groups is 1. The van der Waals surface area contributed by atoms with Gasteiger partial charge in [-0.05, 0) is 57.4 Å². The van der Waals surface area contributed by atoms with Crippen LogP contribution in [0, 0.1) is 0 Å². The zero-order valence-electron chi connectivity index (χ0n) is 10.9. The van der Waals surface area contributed by atoms with Crippen molar-refractivity contribution >= 4 is 11.7 Å². The van der Waals surface area contributed by atoms with Crippen molar-refractivity contribution in [3.05, 3.63) is 24.3 Å². The molecule has 98 valence electrons. The summed E-state index contributed by atoms with van der Waals surface area (Å²) in [6.45, 7) is 3.97. The van der Waals surface area contributed by atoms with E-state index in [1.165, 1.54) is 6.42 Å². The number of carbonyl (C=O) groups excluding carboxylic acids is 1. The number of anilines is 1. The summed E-state index contributed by atoms with van der Waals surface area (Å²) in [5.74, 6) is 0.815. The highest BCUT2D eigenvalue weighted by molar-refractivity contribution is 5.89. The molecule has 2 N–H and O–H groups in total. The Hall–Kier alpha value is -1.71. The first-order valence-electron chi connectivity index (χ1n) is 6.48. The van der Waals surface area contributed by atoms with E-state index in [0.717, 1.165) is 24.3 Å². The van der Waals surface area contributed by atoms with Gasteiger partial charge in [0.05, 0.1) is 6.10 Å². The molecule has 0 radical (unpaired) electrons. The minimum absolute atomic E-state index is 0.128. The fourth-order valence-corrected chi connectivity index (χ4v) is 1.79. The van der Waals surface area contributed by atoms with Crippen LogP contribution in [0.1, 0.15) is 33.1 Å². The van der Waals surface area contributed by atoms with E-state index in [4.69, 9.17) is 4.74 Å². The molecule has 4 nitrogen and oxygen atoms in total. The van der Waals surface area contributed by atoms with E-state index in [1.807, 2.05) is 38.1 Å². The second-order valence-corrected chi connectivity index (χ2v) is 4.92. The lowest BCUT2D eigenvalue weighted by atomic mass is 9.93. The van der Waals surface area contributed by atoms with Gasteiger partial charge in [0.15, 0.2) is 0 Å². The van der Waals surface area contributed by atoms with Crippen LogP contribution in [0.25, 0.3) is 0 Å².